The highest BCUT2D eigenvalue weighted by atomic mass is 35.5. The summed E-state index contributed by atoms with van der Waals surface area (Å²) in [7, 11) is 0. The first-order chi connectivity index (χ1) is 5.61. The molecule has 0 radical (unpaired) electrons. The topological polar surface area (TPSA) is 12.0 Å². The predicted octanol–water partition coefficient (Wildman–Crippen LogP) is 2.76. The molecule has 2 rings (SSSR count). The standard InChI is InChI=1S/C10H12ClN/c1-10(2)8-6-4-3-5-7(8)9(11)12-10/h3-6,9,12H,1-2H3. The van der Waals surface area contributed by atoms with Gasteiger partial charge in [-0.1, -0.05) is 24.3 Å². The van der Waals surface area contributed by atoms with E-state index in [4.69, 9.17) is 11.6 Å². The number of fused-ring (bicyclic) bond motifs is 1. The molecule has 2 heteroatoms. The van der Waals surface area contributed by atoms with E-state index < -0.39 is 0 Å². The van der Waals surface area contributed by atoms with Gasteiger partial charge in [0.2, 0.25) is 0 Å². The number of nitrogens with one attached hydrogen (secondary N) is 1. The highest BCUT2D eigenvalue weighted by Gasteiger charge is 2.34. The Hall–Kier alpha value is -0.530. The molecule has 1 aliphatic rings. The third-order valence-electron chi connectivity index (χ3n) is 2.39. The maximum absolute atomic E-state index is 6.12. The fraction of sp³-hybridized carbons (Fsp3) is 0.400. The molecule has 1 heterocycles. The number of halogens is 1. The molecule has 0 saturated carbocycles. The third-order valence-corrected chi connectivity index (χ3v) is 2.74. The molecule has 0 saturated heterocycles. The number of benzene rings is 1. The van der Waals surface area contributed by atoms with Gasteiger partial charge in [-0.05, 0) is 25.0 Å². The first kappa shape index (κ1) is 8.09. The van der Waals surface area contributed by atoms with Crippen molar-refractivity contribution < 1.29 is 0 Å². The molecule has 1 unspecified atom stereocenters. The van der Waals surface area contributed by atoms with E-state index in [1.807, 2.05) is 6.07 Å². The highest BCUT2D eigenvalue weighted by Crippen LogP contribution is 2.38. The van der Waals surface area contributed by atoms with Gasteiger partial charge in [-0.25, -0.2) is 0 Å². The van der Waals surface area contributed by atoms with Gasteiger partial charge in [-0.15, -0.1) is 11.6 Å². The molecule has 1 aliphatic heterocycles. The average Bonchev–Trinajstić information content (AvgIpc) is 2.25. The molecule has 64 valence electrons. The lowest BCUT2D eigenvalue weighted by Crippen LogP contribution is -2.29. The van der Waals surface area contributed by atoms with E-state index in [0.29, 0.717) is 0 Å². The van der Waals surface area contributed by atoms with E-state index in [2.05, 4.69) is 37.4 Å². The molecule has 0 aliphatic carbocycles. The molecule has 1 atom stereocenters. The minimum Gasteiger partial charge on any atom is -0.288 e. The Bertz CT molecular complexity index is 306. The first-order valence-electron chi connectivity index (χ1n) is 4.12. The summed E-state index contributed by atoms with van der Waals surface area (Å²) >= 11 is 6.12. The van der Waals surface area contributed by atoms with Crippen molar-refractivity contribution >= 4 is 11.6 Å². The van der Waals surface area contributed by atoms with Crippen molar-refractivity contribution in [2.45, 2.75) is 24.9 Å². The van der Waals surface area contributed by atoms with Crippen LogP contribution < -0.4 is 5.32 Å². The second kappa shape index (κ2) is 2.48. The fourth-order valence-corrected chi connectivity index (χ4v) is 2.22. The molecule has 1 N–H and O–H groups in total. The van der Waals surface area contributed by atoms with Crippen LogP contribution in [0.3, 0.4) is 0 Å². The fourth-order valence-electron chi connectivity index (χ4n) is 1.76. The molecule has 1 aromatic carbocycles. The van der Waals surface area contributed by atoms with E-state index in [1.54, 1.807) is 0 Å². The summed E-state index contributed by atoms with van der Waals surface area (Å²) in [5, 5.41) is 3.32. The van der Waals surface area contributed by atoms with Crippen LogP contribution in [0.5, 0.6) is 0 Å². The Balaban J connectivity index is 2.58. The monoisotopic (exact) mass is 181 g/mol. The first-order valence-corrected chi connectivity index (χ1v) is 4.56. The van der Waals surface area contributed by atoms with Crippen LogP contribution in [0.1, 0.15) is 30.5 Å². The SMILES string of the molecule is CC1(C)NC(Cl)c2ccccc21. The molecule has 0 bridgehead atoms. The zero-order chi connectivity index (χ0) is 8.77. The molecular weight excluding hydrogens is 170 g/mol. The molecule has 12 heavy (non-hydrogen) atoms. The van der Waals surface area contributed by atoms with Gasteiger partial charge in [0.1, 0.15) is 5.50 Å². The van der Waals surface area contributed by atoms with Crippen LogP contribution in [0.15, 0.2) is 24.3 Å². The van der Waals surface area contributed by atoms with E-state index >= 15 is 0 Å². The van der Waals surface area contributed by atoms with Crippen molar-refractivity contribution in [3.63, 3.8) is 0 Å². The Morgan fingerprint density at radius 1 is 1.33 bits per heavy atom. The number of hydrogen-bond donors (Lipinski definition) is 1. The van der Waals surface area contributed by atoms with Crippen LogP contribution >= 0.6 is 11.6 Å². The number of hydrogen-bond acceptors (Lipinski definition) is 1. The second-order valence-corrected chi connectivity index (χ2v) is 4.16. The molecular formula is C10H12ClN. The normalized spacial score (nSPS) is 25.4. The molecule has 0 amide bonds. The maximum atomic E-state index is 6.12. The molecule has 0 aromatic heterocycles. The zero-order valence-electron chi connectivity index (χ0n) is 7.26. The predicted molar refractivity (Wildman–Crippen MR) is 51.2 cm³/mol. The van der Waals surface area contributed by atoms with Gasteiger partial charge in [0.25, 0.3) is 0 Å². The quantitative estimate of drug-likeness (QED) is 0.480. The van der Waals surface area contributed by atoms with Crippen LogP contribution in [0.4, 0.5) is 0 Å². The lowest BCUT2D eigenvalue weighted by atomic mass is 9.95. The summed E-state index contributed by atoms with van der Waals surface area (Å²) in [6.45, 7) is 4.29. The van der Waals surface area contributed by atoms with Crippen molar-refractivity contribution in [3.05, 3.63) is 35.4 Å². The minimum absolute atomic E-state index is 0.0169. The van der Waals surface area contributed by atoms with Crippen molar-refractivity contribution in [1.82, 2.24) is 5.32 Å². The maximum Gasteiger partial charge on any atom is 0.109 e. The van der Waals surface area contributed by atoms with Gasteiger partial charge in [-0.2, -0.15) is 0 Å². The third kappa shape index (κ3) is 1.05. The van der Waals surface area contributed by atoms with Crippen molar-refractivity contribution in [1.29, 1.82) is 0 Å². The average molecular weight is 182 g/mol. The van der Waals surface area contributed by atoms with Crippen LogP contribution in [0.2, 0.25) is 0 Å². The van der Waals surface area contributed by atoms with Crippen LogP contribution in [-0.4, -0.2) is 0 Å². The highest BCUT2D eigenvalue weighted by molar-refractivity contribution is 6.21. The summed E-state index contributed by atoms with van der Waals surface area (Å²) in [6.07, 6.45) is 0. The second-order valence-electron chi connectivity index (χ2n) is 3.72. The summed E-state index contributed by atoms with van der Waals surface area (Å²) in [5.74, 6) is 0. The minimum atomic E-state index is -0.0313. The Morgan fingerprint density at radius 2 is 2.00 bits per heavy atom. The van der Waals surface area contributed by atoms with Gasteiger partial charge in [0.15, 0.2) is 0 Å². The van der Waals surface area contributed by atoms with Crippen LogP contribution in [0.25, 0.3) is 0 Å². The molecule has 0 spiro atoms. The summed E-state index contributed by atoms with van der Waals surface area (Å²) < 4.78 is 0. The lowest BCUT2D eigenvalue weighted by molar-refractivity contribution is 0.435. The van der Waals surface area contributed by atoms with Crippen molar-refractivity contribution in [2.75, 3.05) is 0 Å². The smallest absolute Gasteiger partial charge is 0.109 e. The summed E-state index contributed by atoms with van der Waals surface area (Å²) in [4.78, 5) is 0. The van der Waals surface area contributed by atoms with E-state index in [9.17, 15) is 0 Å². The van der Waals surface area contributed by atoms with E-state index in [0.717, 1.165) is 0 Å². The van der Waals surface area contributed by atoms with Crippen molar-refractivity contribution in [2.24, 2.45) is 0 Å². The van der Waals surface area contributed by atoms with Gasteiger partial charge in [0, 0.05) is 5.54 Å². The molecule has 1 nitrogen and oxygen atoms in total. The van der Waals surface area contributed by atoms with Crippen LogP contribution in [0, 0.1) is 0 Å². The lowest BCUT2D eigenvalue weighted by Gasteiger charge is -2.19. The Labute approximate surface area is 77.7 Å². The summed E-state index contributed by atoms with van der Waals surface area (Å²) in [5.41, 5.74) is 2.51. The Morgan fingerprint density at radius 3 is 2.67 bits per heavy atom. The molecule has 0 fully saturated rings. The van der Waals surface area contributed by atoms with E-state index in [1.165, 1.54) is 11.1 Å². The Kier molecular flexibility index (Phi) is 1.67. The van der Waals surface area contributed by atoms with Crippen molar-refractivity contribution in [3.8, 4) is 0 Å². The van der Waals surface area contributed by atoms with Crippen LogP contribution in [-0.2, 0) is 5.54 Å². The van der Waals surface area contributed by atoms with Gasteiger partial charge < -0.3 is 0 Å². The zero-order valence-corrected chi connectivity index (χ0v) is 8.02. The number of rotatable bonds is 0. The largest absolute Gasteiger partial charge is 0.288 e. The molecule has 1 aromatic rings. The van der Waals surface area contributed by atoms with Gasteiger partial charge in [-0.3, -0.25) is 5.32 Å². The van der Waals surface area contributed by atoms with E-state index in [-0.39, 0.29) is 11.0 Å². The van der Waals surface area contributed by atoms with Gasteiger partial charge in [0.05, 0.1) is 0 Å². The summed E-state index contributed by atoms with van der Waals surface area (Å²) in [6, 6.07) is 8.29. The number of alkyl halides is 1. The van der Waals surface area contributed by atoms with Gasteiger partial charge >= 0.3 is 0 Å².